The molecule has 0 amide bonds. The average molecular weight is 287 g/mol. The number of nitrogens with two attached hydrogens (primary N) is 1. The zero-order chi connectivity index (χ0) is 14.2. The molecule has 0 saturated heterocycles. The van der Waals surface area contributed by atoms with Crippen LogP contribution in [0.5, 0.6) is 0 Å². The van der Waals surface area contributed by atoms with Gasteiger partial charge in [0.1, 0.15) is 11.4 Å². The van der Waals surface area contributed by atoms with Crippen LogP contribution in [-0.2, 0) is 0 Å². The van der Waals surface area contributed by atoms with Crippen molar-refractivity contribution in [3.63, 3.8) is 0 Å². The second kappa shape index (κ2) is 5.34. The van der Waals surface area contributed by atoms with Gasteiger partial charge in [0.15, 0.2) is 0 Å². The summed E-state index contributed by atoms with van der Waals surface area (Å²) in [5.41, 5.74) is 7.72. The first-order valence-corrected chi connectivity index (χ1v) is 8.05. The van der Waals surface area contributed by atoms with E-state index < -0.39 is 0 Å². The van der Waals surface area contributed by atoms with E-state index in [0.29, 0.717) is 10.7 Å². The zero-order valence-electron chi connectivity index (χ0n) is 12.0. The standard InChI is InChI=1S/C16H21N3S/c1-16(2)8-7-12(17)14(9-16)20-15-11-5-3-4-6-13(11)18-10-19-15/h3-6,10,12,14H,7-9,17H2,1-2H3. The predicted octanol–water partition coefficient (Wildman–Crippen LogP) is 3.63. The van der Waals surface area contributed by atoms with E-state index in [4.69, 9.17) is 5.73 Å². The third kappa shape index (κ3) is 2.81. The minimum Gasteiger partial charge on any atom is -0.327 e. The number of rotatable bonds is 2. The second-order valence-electron chi connectivity index (χ2n) is 6.42. The highest BCUT2D eigenvalue weighted by molar-refractivity contribution is 8.00. The Morgan fingerprint density at radius 1 is 1.25 bits per heavy atom. The van der Waals surface area contributed by atoms with Crippen LogP contribution in [-0.4, -0.2) is 21.3 Å². The fourth-order valence-electron chi connectivity index (χ4n) is 2.89. The van der Waals surface area contributed by atoms with Crippen LogP contribution in [0.15, 0.2) is 35.6 Å². The first kappa shape index (κ1) is 13.8. The van der Waals surface area contributed by atoms with Gasteiger partial charge in [-0.25, -0.2) is 9.97 Å². The molecule has 2 unspecified atom stereocenters. The topological polar surface area (TPSA) is 51.8 Å². The summed E-state index contributed by atoms with van der Waals surface area (Å²) in [5.74, 6) is 0. The smallest absolute Gasteiger partial charge is 0.117 e. The number of aromatic nitrogens is 2. The Hall–Kier alpha value is -1.13. The molecule has 1 aliphatic rings. The second-order valence-corrected chi connectivity index (χ2v) is 7.65. The number of benzene rings is 1. The molecule has 20 heavy (non-hydrogen) atoms. The lowest BCUT2D eigenvalue weighted by Gasteiger charge is -2.38. The summed E-state index contributed by atoms with van der Waals surface area (Å²) in [7, 11) is 0. The van der Waals surface area contributed by atoms with Gasteiger partial charge < -0.3 is 5.73 Å². The number of hydrogen-bond acceptors (Lipinski definition) is 4. The first-order valence-electron chi connectivity index (χ1n) is 7.17. The van der Waals surface area contributed by atoms with Crippen molar-refractivity contribution in [3.8, 4) is 0 Å². The van der Waals surface area contributed by atoms with Crippen molar-refractivity contribution in [2.24, 2.45) is 11.1 Å². The van der Waals surface area contributed by atoms with Gasteiger partial charge in [-0.05, 0) is 30.7 Å². The quantitative estimate of drug-likeness (QED) is 0.857. The van der Waals surface area contributed by atoms with Gasteiger partial charge in [0.05, 0.1) is 5.52 Å². The SMILES string of the molecule is CC1(C)CCC(N)C(Sc2ncnc3ccccc23)C1. The number of thioether (sulfide) groups is 1. The van der Waals surface area contributed by atoms with E-state index >= 15 is 0 Å². The Kier molecular flexibility index (Phi) is 3.69. The zero-order valence-corrected chi connectivity index (χ0v) is 12.9. The van der Waals surface area contributed by atoms with Gasteiger partial charge in [-0.2, -0.15) is 0 Å². The largest absolute Gasteiger partial charge is 0.327 e. The molecule has 2 aromatic rings. The molecule has 1 saturated carbocycles. The Balaban J connectivity index is 1.89. The van der Waals surface area contributed by atoms with E-state index in [0.717, 1.165) is 28.8 Å². The monoisotopic (exact) mass is 287 g/mol. The highest BCUT2D eigenvalue weighted by Gasteiger charge is 2.34. The summed E-state index contributed by atoms with van der Waals surface area (Å²) >= 11 is 1.83. The Morgan fingerprint density at radius 3 is 2.90 bits per heavy atom. The Morgan fingerprint density at radius 2 is 2.05 bits per heavy atom. The third-order valence-corrected chi connectivity index (χ3v) is 5.52. The van der Waals surface area contributed by atoms with Gasteiger partial charge >= 0.3 is 0 Å². The van der Waals surface area contributed by atoms with Crippen molar-refractivity contribution >= 4 is 22.7 Å². The predicted molar refractivity (Wildman–Crippen MR) is 84.8 cm³/mol. The van der Waals surface area contributed by atoms with Gasteiger partial charge in [0.2, 0.25) is 0 Å². The number of fused-ring (bicyclic) bond motifs is 1. The molecule has 2 atom stereocenters. The molecule has 0 spiro atoms. The molecule has 0 radical (unpaired) electrons. The number of hydrogen-bond donors (Lipinski definition) is 1. The molecule has 2 N–H and O–H groups in total. The van der Waals surface area contributed by atoms with Crippen molar-refractivity contribution < 1.29 is 0 Å². The van der Waals surface area contributed by atoms with Crippen molar-refractivity contribution in [1.82, 2.24) is 9.97 Å². The van der Waals surface area contributed by atoms with Crippen LogP contribution in [0.4, 0.5) is 0 Å². The molecular weight excluding hydrogens is 266 g/mol. The fourth-order valence-corrected chi connectivity index (χ4v) is 4.43. The molecule has 1 aliphatic carbocycles. The van der Waals surface area contributed by atoms with E-state index in [9.17, 15) is 0 Å². The van der Waals surface area contributed by atoms with Crippen LogP contribution < -0.4 is 5.73 Å². The van der Waals surface area contributed by atoms with Crippen molar-refractivity contribution in [1.29, 1.82) is 0 Å². The summed E-state index contributed by atoms with van der Waals surface area (Å²) in [6.07, 6.45) is 5.13. The molecule has 0 aliphatic heterocycles. The van der Waals surface area contributed by atoms with Crippen LogP contribution in [0, 0.1) is 5.41 Å². The Bertz CT molecular complexity index is 606. The Labute approximate surface area is 124 Å². The minimum atomic E-state index is 0.266. The summed E-state index contributed by atoms with van der Waals surface area (Å²) in [6, 6.07) is 8.45. The van der Waals surface area contributed by atoms with Crippen LogP contribution in [0.3, 0.4) is 0 Å². The summed E-state index contributed by atoms with van der Waals surface area (Å²) < 4.78 is 0. The van der Waals surface area contributed by atoms with E-state index in [1.165, 1.54) is 6.42 Å². The minimum absolute atomic E-state index is 0.266. The molecule has 3 rings (SSSR count). The van der Waals surface area contributed by atoms with Crippen LogP contribution in [0.2, 0.25) is 0 Å². The van der Waals surface area contributed by atoms with Crippen LogP contribution in [0.1, 0.15) is 33.1 Å². The lowest BCUT2D eigenvalue weighted by molar-refractivity contribution is 0.232. The van der Waals surface area contributed by atoms with Crippen LogP contribution in [0.25, 0.3) is 10.9 Å². The maximum Gasteiger partial charge on any atom is 0.117 e. The highest BCUT2D eigenvalue weighted by Crippen LogP contribution is 2.42. The van der Waals surface area contributed by atoms with Crippen molar-refractivity contribution in [2.45, 2.75) is 49.4 Å². The lowest BCUT2D eigenvalue weighted by Crippen LogP contribution is -2.41. The number of nitrogens with zero attached hydrogens (tertiary/aromatic N) is 2. The molecule has 106 valence electrons. The average Bonchev–Trinajstić information content (AvgIpc) is 2.43. The van der Waals surface area contributed by atoms with E-state index in [-0.39, 0.29) is 6.04 Å². The molecule has 1 fully saturated rings. The van der Waals surface area contributed by atoms with Crippen molar-refractivity contribution in [2.75, 3.05) is 0 Å². The summed E-state index contributed by atoms with van der Waals surface area (Å²) in [5, 5.41) is 2.64. The first-order chi connectivity index (χ1) is 9.55. The van der Waals surface area contributed by atoms with Gasteiger partial charge in [0, 0.05) is 16.7 Å². The summed E-state index contributed by atoms with van der Waals surface area (Å²) in [4.78, 5) is 8.81. The van der Waals surface area contributed by atoms with Crippen molar-refractivity contribution in [3.05, 3.63) is 30.6 Å². The van der Waals surface area contributed by atoms with Gasteiger partial charge in [0.25, 0.3) is 0 Å². The van der Waals surface area contributed by atoms with Gasteiger partial charge in [-0.3, -0.25) is 0 Å². The van der Waals surface area contributed by atoms with E-state index in [1.807, 2.05) is 30.0 Å². The maximum absolute atomic E-state index is 6.33. The van der Waals surface area contributed by atoms with Crippen LogP contribution >= 0.6 is 11.8 Å². The van der Waals surface area contributed by atoms with E-state index in [1.54, 1.807) is 6.33 Å². The molecule has 1 heterocycles. The summed E-state index contributed by atoms with van der Waals surface area (Å²) in [6.45, 7) is 4.68. The molecule has 4 heteroatoms. The normalized spacial score (nSPS) is 25.8. The lowest BCUT2D eigenvalue weighted by atomic mass is 9.75. The molecular formula is C16H21N3S. The fraction of sp³-hybridized carbons (Fsp3) is 0.500. The highest BCUT2D eigenvalue weighted by atomic mass is 32.2. The molecule has 1 aromatic heterocycles. The maximum atomic E-state index is 6.33. The molecule has 1 aromatic carbocycles. The third-order valence-electron chi connectivity index (χ3n) is 4.16. The molecule has 3 nitrogen and oxygen atoms in total. The molecule has 0 bridgehead atoms. The van der Waals surface area contributed by atoms with Gasteiger partial charge in [-0.15, -0.1) is 11.8 Å². The van der Waals surface area contributed by atoms with E-state index in [2.05, 4.69) is 29.9 Å². The van der Waals surface area contributed by atoms with Gasteiger partial charge in [-0.1, -0.05) is 32.0 Å². The number of para-hydroxylation sites is 1.